The molecule has 0 heterocycles. The zero-order valence-electron chi connectivity index (χ0n) is 14.0. The Morgan fingerprint density at radius 2 is 2.00 bits per heavy atom. The van der Waals surface area contributed by atoms with Crippen molar-refractivity contribution in [2.45, 2.75) is 13.3 Å². The standard InChI is InChI=1S/C19H20FNO3/c1-5-6-13-9-14(10-17(23-3)18(13)24-4)19(22)21-16-11-15(20)8-7-12(16)2/h5,7-11H,1,6H2,2-4H3,(H,21,22). The summed E-state index contributed by atoms with van der Waals surface area (Å²) in [7, 11) is 3.05. The molecule has 1 amide bonds. The smallest absolute Gasteiger partial charge is 0.255 e. The van der Waals surface area contributed by atoms with Crippen LogP contribution in [0.15, 0.2) is 43.0 Å². The summed E-state index contributed by atoms with van der Waals surface area (Å²) >= 11 is 0. The first-order chi connectivity index (χ1) is 11.5. The Balaban J connectivity index is 2.40. The first kappa shape index (κ1) is 17.5. The van der Waals surface area contributed by atoms with Crippen LogP contribution in [0.3, 0.4) is 0 Å². The molecule has 0 bridgehead atoms. The van der Waals surface area contributed by atoms with Gasteiger partial charge in [0, 0.05) is 16.8 Å². The van der Waals surface area contributed by atoms with Crippen molar-refractivity contribution in [2.75, 3.05) is 19.5 Å². The molecular formula is C19H20FNO3. The van der Waals surface area contributed by atoms with Gasteiger partial charge in [0.05, 0.1) is 14.2 Å². The summed E-state index contributed by atoms with van der Waals surface area (Å²) in [5, 5.41) is 2.72. The van der Waals surface area contributed by atoms with Crippen molar-refractivity contribution in [3.63, 3.8) is 0 Å². The van der Waals surface area contributed by atoms with Crippen molar-refractivity contribution >= 4 is 11.6 Å². The minimum Gasteiger partial charge on any atom is -0.493 e. The van der Waals surface area contributed by atoms with E-state index >= 15 is 0 Å². The van der Waals surface area contributed by atoms with E-state index in [1.807, 2.05) is 0 Å². The lowest BCUT2D eigenvalue weighted by Crippen LogP contribution is -2.14. The molecule has 0 radical (unpaired) electrons. The summed E-state index contributed by atoms with van der Waals surface area (Å²) < 4.78 is 24.0. The number of aryl methyl sites for hydroxylation is 1. The van der Waals surface area contributed by atoms with Crippen LogP contribution in [-0.2, 0) is 6.42 Å². The maximum atomic E-state index is 13.4. The van der Waals surface area contributed by atoms with Crippen molar-refractivity contribution < 1.29 is 18.7 Å². The van der Waals surface area contributed by atoms with E-state index in [0.29, 0.717) is 29.2 Å². The fourth-order valence-electron chi connectivity index (χ4n) is 2.40. The molecule has 2 aromatic rings. The number of nitrogens with one attached hydrogen (secondary N) is 1. The van der Waals surface area contributed by atoms with Crippen LogP contribution < -0.4 is 14.8 Å². The molecule has 0 unspecified atom stereocenters. The van der Waals surface area contributed by atoms with Crippen molar-refractivity contribution in [3.05, 3.63) is 65.5 Å². The molecule has 0 aliphatic rings. The number of hydrogen-bond acceptors (Lipinski definition) is 3. The van der Waals surface area contributed by atoms with Crippen LogP contribution in [0.5, 0.6) is 11.5 Å². The second kappa shape index (κ2) is 7.64. The van der Waals surface area contributed by atoms with Gasteiger partial charge in [-0.1, -0.05) is 12.1 Å². The number of halogens is 1. The summed E-state index contributed by atoms with van der Waals surface area (Å²) in [6.07, 6.45) is 2.25. The summed E-state index contributed by atoms with van der Waals surface area (Å²) in [6, 6.07) is 7.56. The topological polar surface area (TPSA) is 47.6 Å². The minimum absolute atomic E-state index is 0.352. The number of hydrogen-bond donors (Lipinski definition) is 1. The molecule has 5 heteroatoms. The maximum Gasteiger partial charge on any atom is 0.255 e. The highest BCUT2D eigenvalue weighted by Gasteiger charge is 2.16. The van der Waals surface area contributed by atoms with E-state index in [1.54, 1.807) is 38.3 Å². The zero-order valence-corrected chi connectivity index (χ0v) is 14.0. The normalized spacial score (nSPS) is 10.2. The first-order valence-corrected chi connectivity index (χ1v) is 7.43. The van der Waals surface area contributed by atoms with Crippen LogP contribution in [0.25, 0.3) is 0 Å². The Morgan fingerprint density at radius 1 is 1.25 bits per heavy atom. The third-order valence-electron chi connectivity index (χ3n) is 3.63. The van der Waals surface area contributed by atoms with Crippen LogP contribution in [0.1, 0.15) is 21.5 Å². The molecule has 0 atom stereocenters. The van der Waals surface area contributed by atoms with Gasteiger partial charge < -0.3 is 14.8 Å². The van der Waals surface area contributed by atoms with Crippen LogP contribution in [0.4, 0.5) is 10.1 Å². The number of amides is 1. The Kier molecular flexibility index (Phi) is 5.58. The van der Waals surface area contributed by atoms with Gasteiger partial charge in [0.1, 0.15) is 5.82 Å². The van der Waals surface area contributed by atoms with Crippen LogP contribution in [0.2, 0.25) is 0 Å². The Bertz CT molecular complexity index is 771. The van der Waals surface area contributed by atoms with Gasteiger partial charge >= 0.3 is 0 Å². The van der Waals surface area contributed by atoms with Gasteiger partial charge in [-0.15, -0.1) is 6.58 Å². The number of anilines is 1. The van der Waals surface area contributed by atoms with Crippen LogP contribution in [-0.4, -0.2) is 20.1 Å². The largest absolute Gasteiger partial charge is 0.493 e. The first-order valence-electron chi connectivity index (χ1n) is 7.43. The highest BCUT2D eigenvalue weighted by Crippen LogP contribution is 2.33. The average molecular weight is 329 g/mol. The van der Waals surface area contributed by atoms with Crippen LogP contribution >= 0.6 is 0 Å². The molecule has 0 saturated heterocycles. The highest BCUT2D eigenvalue weighted by molar-refractivity contribution is 6.05. The quantitative estimate of drug-likeness (QED) is 0.811. The number of ether oxygens (including phenoxy) is 2. The van der Waals surface area contributed by atoms with Gasteiger partial charge in [-0.05, 0) is 43.2 Å². The van der Waals surface area contributed by atoms with E-state index in [0.717, 1.165) is 11.1 Å². The predicted molar refractivity (Wildman–Crippen MR) is 92.5 cm³/mol. The molecule has 126 valence electrons. The summed E-state index contributed by atoms with van der Waals surface area (Å²) in [4.78, 5) is 12.5. The second-order valence-corrected chi connectivity index (χ2v) is 5.28. The molecule has 24 heavy (non-hydrogen) atoms. The SMILES string of the molecule is C=CCc1cc(C(=O)Nc2cc(F)ccc2C)cc(OC)c1OC. The fraction of sp³-hybridized carbons (Fsp3) is 0.211. The van der Waals surface area contributed by atoms with E-state index in [2.05, 4.69) is 11.9 Å². The minimum atomic E-state index is -0.407. The van der Waals surface area contributed by atoms with E-state index in [-0.39, 0.29) is 5.91 Å². The lowest BCUT2D eigenvalue weighted by molar-refractivity contribution is 0.102. The number of carbonyl (C=O) groups excluding carboxylic acids is 1. The third kappa shape index (κ3) is 3.74. The molecule has 0 aromatic heterocycles. The van der Waals surface area contributed by atoms with E-state index < -0.39 is 5.82 Å². The number of methoxy groups -OCH3 is 2. The number of rotatable bonds is 6. The van der Waals surface area contributed by atoms with E-state index in [4.69, 9.17) is 9.47 Å². The third-order valence-corrected chi connectivity index (χ3v) is 3.63. The lowest BCUT2D eigenvalue weighted by Gasteiger charge is -2.15. The van der Waals surface area contributed by atoms with Gasteiger partial charge in [-0.2, -0.15) is 0 Å². The molecular weight excluding hydrogens is 309 g/mol. The molecule has 0 spiro atoms. The van der Waals surface area contributed by atoms with Crippen molar-refractivity contribution in [1.82, 2.24) is 0 Å². The fourth-order valence-corrected chi connectivity index (χ4v) is 2.40. The van der Waals surface area contributed by atoms with Crippen molar-refractivity contribution in [2.24, 2.45) is 0 Å². The van der Waals surface area contributed by atoms with Gasteiger partial charge in [0.25, 0.3) is 5.91 Å². The molecule has 0 aliphatic heterocycles. The van der Waals surface area contributed by atoms with Gasteiger partial charge in [-0.3, -0.25) is 4.79 Å². The van der Waals surface area contributed by atoms with Gasteiger partial charge in [-0.25, -0.2) is 4.39 Å². The second-order valence-electron chi connectivity index (χ2n) is 5.28. The molecule has 2 aromatic carbocycles. The molecule has 2 rings (SSSR count). The van der Waals surface area contributed by atoms with Gasteiger partial charge in [0.2, 0.25) is 0 Å². The molecule has 0 aliphatic carbocycles. The number of benzene rings is 2. The Labute approximate surface area is 140 Å². The Hall–Kier alpha value is -2.82. The summed E-state index contributed by atoms with van der Waals surface area (Å²) in [6.45, 7) is 5.51. The van der Waals surface area contributed by atoms with E-state index in [1.165, 1.54) is 19.2 Å². The molecule has 4 nitrogen and oxygen atoms in total. The number of carbonyl (C=O) groups is 1. The molecule has 1 N–H and O–H groups in total. The molecule has 0 fully saturated rings. The van der Waals surface area contributed by atoms with Crippen LogP contribution in [0, 0.1) is 12.7 Å². The van der Waals surface area contributed by atoms with Crippen molar-refractivity contribution in [1.29, 1.82) is 0 Å². The lowest BCUT2D eigenvalue weighted by atomic mass is 10.0. The monoisotopic (exact) mass is 329 g/mol. The predicted octanol–water partition coefficient (Wildman–Crippen LogP) is 4.13. The van der Waals surface area contributed by atoms with E-state index in [9.17, 15) is 9.18 Å². The summed E-state index contributed by atoms with van der Waals surface area (Å²) in [5.74, 6) is 0.263. The highest BCUT2D eigenvalue weighted by atomic mass is 19.1. The maximum absolute atomic E-state index is 13.4. The Morgan fingerprint density at radius 3 is 2.62 bits per heavy atom. The number of allylic oxidation sites excluding steroid dienone is 1. The summed E-state index contributed by atoms with van der Waals surface area (Å²) in [5.41, 5.74) is 2.39. The van der Waals surface area contributed by atoms with Crippen molar-refractivity contribution in [3.8, 4) is 11.5 Å². The molecule has 0 saturated carbocycles. The van der Waals surface area contributed by atoms with Gasteiger partial charge in [0.15, 0.2) is 11.5 Å². The zero-order chi connectivity index (χ0) is 17.7. The average Bonchev–Trinajstić information content (AvgIpc) is 2.57.